The first-order valence-corrected chi connectivity index (χ1v) is 10.7. The lowest BCUT2D eigenvalue weighted by Gasteiger charge is -2.20. The highest BCUT2D eigenvalue weighted by Crippen LogP contribution is 2.26. The van der Waals surface area contributed by atoms with Crippen LogP contribution in [-0.4, -0.2) is 33.8 Å². The Balaban J connectivity index is 1.32. The van der Waals surface area contributed by atoms with Gasteiger partial charge in [-0.3, -0.25) is 9.48 Å². The van der Waals surface area contributed by atoms with Gasteiger partial charge < -0.3 is 10.2 Å². The Morgan fingerprint density at radius 3 is 2.52 bits per heavy atom. The van der Waals surface area contributed by atoms with Crippen LogP contribution in [0.15, 0.2) is 73.1 Å². The molecule has 2 aromatic heterocycles. The molecule has 156 valence electrons. The van der Waals surface area contributed by atoms with E-state index in [1.807, 2.05) is 47.3 Å². The number of benzene rings is 2. The maximum absolute atomic E-state index is 13.1. The summed E-state index contributed by atoms with van der Waals surface area (Å²) < 4.78 is 1.89. The zero-order valence-electron chi connectivity index (χ0n) is 17.4. The minimum Gasteiger partial charge on any atom is -0.356 e. The smallest absolute Gasteiger partial charge is 0.255 e. The number of rotatable bonds is 6. The van der Waals surface area contributed by atoms with Gasteiger partial charge in [-0.05, 0) is 42.2 Å². The molecular weight excluding hydrogens is 386 g/mol. The van der Waals surface area contributed by atoms with Crippen molar-refractivity contribution in [3.05, 3.63) is 89.7 Å². The van der Waals surface area contributed by atoms with Gasteiger partial charge in [-0.1, -0.05) is 42.5 Å². The third kappa shape index (κ3) is 4.28. The summed E-state index contributed by atoms with van der Waals surface area (Å²) in [5.74, 6) is 0.712. The molecule has 0 saturated carbocycles. The maximum atomic E-state index is 13.1. The van der Waals surface area contributed by atoms with Crippen LogP contribution in [-0.2, 0) is 13.1 Å². The van der Waals surface area contributed by atoms with Gasteiger partial charge in [0.15, 0.2) is 0 Å². The average molecular weight is 412 g/mol. The van der Waals surface area contributed by atoms with Crippen LogP contribution >= 0.6 is 0 Å². The second-order valence-corrected chi connectivity index (χ2v) is 7.95. The van der Waals surface area contributed by atoms with Crippen molar-refractivity contribution >= 4 is 22.6 Å². The van der Waals surface area contributed by atoms with Gasteiger partial charge in [0.2, 0.25) is 0 Å². The number of anilines is 1. The number of carbonyl (C=O) groups excluding carboxylic acids is 1. The molecule has 1 fully saturated rings. The molecule has 0 atom stereocenters. The predicted octanol–water partition coefficient (Wildman–Crippen LogP) is 4.01. The van der Waals surface area contributed by atoms with Crippen LogP contribution in [0.3, 0.4) is 0 Å². The Morgan fingerprint density at radius 2 is 1.74 bits per heavy atom. The average Bonchev–Trinajstić information content (AvgIpc) is 3.52. The zero-order chi connectivity index (χ0) is 21.0. The Hall–Kier alpha value is -3.67. The fourth-order valence-corrected chi connectivity index (χ4v) is 4.06. The normalized spacial score (nSPS) is 13.6. The van der Waals surface area contributed by atoms with E-state index in [1.165, 1.54) is 5.56 Å². The van der Waals surface area contributed by atoms with Gasteiger partial charge in [0, 0.05) is 37.4 Å². The molecule has 1 aliphatic rings. The van der Waals surface area contributed by atoms with E-state index in [4.69, 9.17) is 4.98 Å². The highest BCUT2D eigenvalue weighted by atomic mass is 16.1. The summed E-state index contributed by atoms with van der Waals surface area (Å²) in [6, 6.07) is 20.1. The SMILES string of the molecule is O=C(NCc1ccc(Cn2cccn2)cc1)c1cc2ccccc2nc1N1CCCC1. The Bertz CT molecular complexity index is 1180. The maximum Gasteiger partial charge on any atom is 0.255 e. The van der Waals surface area contributed by atoms with Crippen LogP contribution < -0.4 is 10.2 Å². The lowest BCUT2D eigenvalue weighted by Crippen LogP contribution is -2.28. The lowest BCUT2D eigenvalue weighted by atomic mass is 10.1. The van der Waals surface area contributed by atoms with Crippen molar-refractivity contribution in [2.75, 3.05) is 18.0 Å². The molecule has 1 amide bonds. The van der Waals surface area contributed by atoms with Crippen molar-refractivity contribution in [2.24, 2.45) is 0 Å². The Morgan fingerprint density at radius 1 is 0.968 bits per heavy atom. The van der Waals surface area contributed by atoms with Crippen molar-refractivity contribution in [3.63, 3.8) is 0 Å². The molecule has 1 aliphatic heterocycles. The van der Waals surface area contributed by atoms with E-state index >= 15 is 0 Å². The largest absolute Gasteiger partial charge is 0.356 e. The van der Waals surface area contributed by atoms with E-state index in [0.29, 0.717) is 12.1 Å². The number of para-hydroxylation sites is 1. The monoisotopic (exact) mass is 411 g/mol. The number of pyridine rings is 1. The summed E-state index contributed by atoms with van der Waals surface area (Å²) in [7, 11) is 0. The summed E-state index contributed by atoms with van der Waals surface area (Å²) >= 11 is 0. The molecule has 4 aromatic rings. The number of hydrogen-bond acceptors (Lipinski definition) is 4. The van der Waals surface area contributed by atoms with Gasteiger partial charge in [0.1, 0.15) is 5.82 Å². The minimum absolute atomic E-state index is 0.0826. The number of carbonyl (C=O) groups is 1. The number of fused-ring (bicyclic) bond motifs is 1. The van der Waals surface area contributed by atoms with Crippen molar-refractivity contribution in [1.29, 1.82) is 0 Å². The van der Waals surface area contributed by atoms with Crippen LogP contribution in [0.4, 0.5) is 5.82 Å². The lowest BCUT2D eigenvalue weighted by molar-refractivity contribution is 0.0951. The highest BCUT2D eigenvalue weighted by molar-refractivity contribution is 6.02. The summed E-state index contributed by atoms with van der Waals surface area (Å²) in [4.78, 5) is 20.2. The van der Waals surface area contributed by atoms with Crippen LogP contribution in [0.5, 0.6) is 0 Å². The van der Waals surface area contributed by atoms with Crippen LogP contribution in [0.2, 0.25) is 0 Å². The number of nitrogens with one attached hydrogen (secondary N) is 1. The van der Waals surface area contributed by atoms with Crippen molar-refractivity contribution in [3.8, 4) is 0 Å². The fraction of sp³-hybridized carbons (Fsp3) is 0.240. The second kappa shape index (κ2) is 8.60. The second-order valence-electron chi connectivity index (χ2n) is 7.95. The predicted molar refractivity (Wildman–Crippen MR) is 122 cm³/mol. The van der Waals surface area contributed by atoms with Crippen LogP contribution in [0.25, 0.3) is 10.9 Å². The first-order chi connectivity index (χ1) is 15.3. The molecule has 5 rings (SSSR count). The highest BCUT2D eigenvalue weighted by Gasteiger charge is 2.22. The van der Waals surface area contributed by atoms with Crippen molar-refractivity contribution in [2.45, 2.75) is 25.9 Å². The van der Waals surface area contributed by atoms with Gasteiger partial charge in [-0.15, -0.1) is 0 Å². The number of nitrogens with zero attached hydrogens (tertiary/aromatic N) is 4. The molecule has 3 heterocycles. The molecule has 1 N–H and O–H groups in total. The number of hydrogen-bond donors (Lipinski definition) is 1. The Kier molecular flexibility index (Phi) is 5.35. The molecule has 2 aromatic carbocycles. The summed E-state index contributed by atoms with van der Waals surface area (Å²) in [6.45, 7) is 3.11. The molecule has 0 aliphatic carbocycles. The topological polar surface area (TPSA) is 63.1 Å². The van der Waals surface area contributed by atoms with Gasteiger partial charge in [-0.2, -0.15) is 5.10 Å². The van der Waals surface area contributed by atoms with Gasteiger partial charge in [0.05, 0.1) is 17.6 Å². The van der Waals surface area contributed by atoms with E-state index in [2.05, 4.69) is 39.6 Å². The third-order valence-electron chi connectivity index (χ3n) is 5.73. The first-order valence-electron chi connectivity index (χ1n) is 10.7. The quantitative estimate of drug-likeness (QED) is 0.521. The molecule has 1 saturated heterocycles. The molecule has 0 spiro atoms. The van der Waals surface area contributed by atoms with Gasteiger partial charge in [0.25, 0.3) is 5.91 Å². The zero-order valence-corrected chi connectivity index (χ0v) is 17.4. The summed E-state index contributed by atoms with van der Waals surface area (Å²) in [5.41, 5.74) is 3.81. The van der Waals surface area contributed by atoms with E-state index in [0.717, 1.165) is 54.8 Å². The first kappa shape index (κ1) is 19.3. The third-order valence-corrected chi connectivity index (χ3v) is 5.73. The van der Waals surface area contributed by atoms with E-state index in [9.17, 15) is 4.79 Å². The minimum atomic E-state index is -0.0826. The van der Waals surface area contributed by atoms with Crippen LogP contribution in [0, 0.1) is 0 Å². The molecule has 0 radical (unpaired) electrons. The standard InChI is InChI=1S/C25H25N5O/c31-25(26-17-19-8-10-20(11-9-19)18-30-15-5-12-27-30)22-16-21-6-1-2-7-23(21)28-24(22)29-13-3-4-14-29/h1-2,5-12,15-16H,3-4,13-14,17-18H2,(H,26,31). The van der Waals surface area contributed by atoms with Crippen LogP contribution in [0.1, 0.15) is 34.3 Å². The van der Waals surface area contributed by atoms with E-state index in [1.54, 1.807) is 6.20 Å². The molecule has 6 heteroatoms. The number of amides is 1. The molecule has 0 unspecified atom stereocenters. The molecule has 6 nitrogen and oxygen atoms in total. The molecule has 31 heavy (non-hydrogen) atoms. The van der Waals surface area contributed by atoms with E-state index < -0.39 is 0 Å². The van der Waals surface area contributed by atoms with Crippen molar-refractivity contribution in [1.82, 2.24) is 20.1 Å². The molecular formula is C25H25N5O. The number of aromatic nitrogens is 3. The Labute approximate surface area is 181 Å². The molecule has 0 bridgehead atoms. The summed E-state index contributed by atoms with van der Waals surface area (Å²) in [5, 5.41) is 8.31. The fourth-order valence-electron chi connectivity index (χ4n) is 4.06. The van der Waals surface area contributed by atoms with E-state index in [-0.39, 0.29) is 5.91 Å². The van der Waals surface area contributed by atoms with Gasteiger partial charge in [-0.25, -0.2) is 4.98 Å². The van der Waals surface area contributed by atoms with Gasteiger partial charge >= 0.3 is 0 Å². The summed E-state index contributed by atoms with van der Waals surface area (Å²) in [6.07, 6.45) is 6.01. The van der Waals surface area contributed by atoms with Crippen molar-refractivity contribution < 1.29 is 4.79 Å².